The summed E-state index contributed by atoms with van der Waals surface area (Å²) in [5, 5.41) is 3.93. The van der Waals surface area contributed by atoms with E-state index in [9.17, 15) is 0 Å². The van der Waals surface area contributed by atoms with Crippen molar-refractivity contribution in [1.82, 2.24) is 4.98 Å². The normalized spacial score (nSPS) is 17.2. The van der Waals surface area contributed by atoms with Gasteiger partial charge >= 0.3 is 0 Å². The summed E-state index contributed by atoms with van der Waals surface area (Å²) in [5.74, 6) is 0.999. The second kappa shape index (κ2) is 10.0. The number of para-hydroxylation sites is 1. The molecule has 0 saturated heterocycles. The van der Waals surface area contributed by atoms with E-state index in [1.807, 2.05) is 11.3 Å². The van der Waals surface area contributed by atoms with Crippen molar-refractivity contribution < 1.29 is 4.42 Å². The number of aromatic amines is 1. The van der Waals surface area contributed by atoms with Gasteiger partial charge < -0.3 is 14.3 Å². The Morgan fingerprint density at radius 1 is 0.837 bits per heavy atom. The van der Waals surface area contributed by atoms with E-state index in [-0.39, 0.29) is 10.8 Å². The number of hydrogen-bond acceptors (Lipinski definition) is 3. The van der Waals surface area contributed by atoms with Gasteiger partial charge in [0.25, 0.3) is 0 Å². The molecule has 5 heteroatoms. The Kier molecular flexibility index (Phi) is 6.03. The molecule has 1 aliphatic heterocycles. The molecule has 3 aromatic heterocycles. The SMILES string of the molecule is Cc1cc(-c2cccc3c2[nH]c2sc4ccccc4c23)c2c(c1)N(c1cc3c(cc1C)C(C)(C)CCC3(C)C)c1c(oc3c1CCC=C3)[B]2. The zero-order valence-electron chi connectivity index (χ0n) is 29.2. The van der Waals surface area contributed by atoms with Crippen LogP contribution in [0.5, 0.6) is 0 Å². The Bertz CT molecular complexity index is 2570. The predicted molar refractivity (Wildman–Crippen MR) is 211 cm³/mol. The highest BCUT2D eigenvalue weighted by molar-refractivity contribution is 7.25. The van der Waals surface area contributed by atoms with Gasteiger partial charge in [-0.1, -0.05) is 82.3 Å². The number of benzene rings is 4. The highest BCUT2D eigenvalue weighted by Crippen LogP contribution is 2.51. The van der Waals surface area contributed by atoms with Crippen LogP contribution in [0.2, 0.25) is 0 Å². The van der Waals surface area contributed by atoms with Crippen molar-refractivity contribution in [3.63, 3.8) is 0 Å². The third kappa shape index (κ3) is 4.15. The largest absolute Gasteiger partial charge is 0.470 e. The lowest BCUT2D eigenvalue weighted by Gasteiger charge is -2.43. The van der Waals surface area contributed by atoms with Gasteiger partial charge in [0.1, 0.15) is 10.6 Å². The first kappa shape index (κ1) is 29.4. The topological polar surface area (TPSA) is 32.2 Å². The van der Waals surface area contributed by atoms with Crippen LogP contribution in [0, 0.1) is 13.8 Å². The van der Waals surface area contributed by atoms with Crippen LogP contribution >= 0.6 is 11.3 Å². The van der Waals surface area contributed by atoms with E-state index in [4.69, 9.17) is 4.42 Å². The Hall–Kier alpha value is -4.48. The van der Waals surface area contributed by atoms with E-state index in [2.05, 4.69) is 138 Å². The number of aryl methyl sites for hydroxylation is 2. The molecule has 49 heavy (non-hydrogen) atoms. The van der Waals surface area contributed by atoms with Gasteiger partial charge in [-0.3, -0.25) is 0 Å². The third-order valence-corrected chi connectivity index (χ3v) is 12.9. The van der Waals surface area contributed by atoms with Gasteiger partial charge in [-0.25, -0.2) is 0 Å². The fourth-order valence-corrected chi connectivity index (χ4v) is 10.2. The molecule has 10 rings (SSSR count). The lowest BCUT2D eigenvalue weighted by atomic mass is 9.60. The van der Waals surface area contributed by atoms with E-state index in [1.54, 1.807) is 0 Å². The van der Waals surface area contributed by atoms with Crippen LogP contribution in [0.4, 0.5) is 17.1 Å². The quantitative estimate of drug-likeness (QED) is 0.188. The summed E-state index contributed by atoms with van der Waals surface area (Å²) in [6.45, 7) is 14.3. The number of furan rings is 1. The number of allylic oxidation sites excluding steroid dienone is 1. The molecule has 2 aliphatic carbocycles. The highest BCUT2D eigenvalue weighted by Gasteiger charge is 2.40. The van der Waals surface area contributed by atoms with Crippen LogP contribution in [-0.2, 0) is 17.3 Å². The van der Waals surface area contributed by atoms with E-state index >= 15 is 0 Å². The fraction of sp³-hybridized carbons (Fsp3) is 0.273. The average molecular weight is 656 g/mol. The predicted octanol–water partition coefficient (Wildman–Crippen LogP) is 11.2. The zero-order chi connectivity index (χ0) is 33.4. The molecule has 4 aromatic carbocycles. The summed E-state index contributed by atoms with van der Waals surface area (Å²) in [6.07, 6.45) is 8.84. The van der Waals surface area contributed by atoms with E-state index < -0.39 is 0 Å². The van der Waals surface area contributed by atoms with Crippen molar-refractivity contribution in [3.05, 3.63) is 106 Å². The molecule has 0 unspecified atom stereocenters. The van der Waals surface area contributed by atoms with Crippen LogP contribution < -0.4 is 16.0 Å². The standard InChI is InChI=1S/C44H40BN2OS/c1-24-20-30(26-14-11-15-29-37-28-13-8-10-17-36(28)49-42(37)46-39(26)29)38-34(21-24)47(40-27-12-7-9-16-35(27)48-41(40)45-38)33-23-32-31(22-25(33)2)43(3,4)18-19-44(32,5)6/h8-11,13-17,20-23,46H,7,12,18-19H2,1-6H3. The van der Waals surface area contributed by atoms with E-state index in [1.165, 1.54) is 106 Å². The van der Waals surface area contributed by atoms with Crippen molar-refractivity contribution in [2.75, 3.05) is 4.90 Å². The minimum absolute atomic E-state index is 0.109. The molecule has 0 spiro atoms. The Labute approximate surface area is 292 Å². The maximum absolute atomic E-state index is 6.77. The number of aromatic nitrogens is 1. The monoisotopic (exact) mass is 655 g/mol. The summed E-state index contributed by atoms with van der Waals surface area (Å²) in [4.78, 5) is 7.68. The lowest BCUT2D eigenvalue weighted by molar-refractivity contribution is 0.332. The average Bonchev–Trinajstić information content (AvgIpc) is 3.75. The number of nitrogens with one attached hydrogen (secondary N) is 1. The van der Waals surface area contributed by atoms with Crippen LogP contribution in [0.1, 0.15) is 80.5 Å². The summed E-state index contributed by atoms with van der Waals surface area (Å²) in [7, 11) is 2.32. The number of anilines is 3. The molecule has 241 valence electrons. The van der Waals surface area contributed by atoms with Crippen molar-refractivity contribution in [1.29, 1.82) is 0 Å². The van der Waals surface area contributed by atoms with Gasteiger partial charge in [-0.15, -0.1) is 11.3 Å². The fourth-order valence-electron chi connectivity index (χ4n) is 9.06. The lowest BCUT2D eigenvalue weighted by Crippen LogP contribution is -2.41. The minimum atomic E-state index is 0.109. The van der Waals surface area contributed by atoms with Gasteiger partial charge in [-0.05, 0) is 108 Å². The number of rotatable bonds is 2. The van der Waals surface area contributed by atoms with Crippen LogP contribution in [0.3, 0.4) is 0 Å². The summed E-state index contributed by atoms with van der Waals surface area (Å²) in [6, 6.07) is 25.4. The number of fused-ring (bicyclic) bond motifs is 10. The summed E-state index contributed by atoms with van der Waals surface area (Å²) >= 11 is 1.85. The molecule has 0 amide bonds. The highest BCUT2D eigenvalue weighted by atomic mass is 32.1. The number of nitrogens with zero attached hydrogens (tertiary/aromatic N) is 1. The van der Waals surface area contributed by atoms with Crippen molar-refractivity contribution in [2.45, 2.75) is 78.1 Å². The minimum Gasteiger partial charge on any atom is -0.470 e. The molecular formula is C44H40BN2OS. The number of thiophene rings is 1. The first-order valence-corrected chi connectivity index (χ1v) is 18.6. The number of hydrogen-bond donors (Lipinski definition) is 1. The molecule has 4 heterocycles. The van der Waals surface area contributed by atoms with Gasteiger partial charge in [0, 0.05) is 43.4 Å². The van der Waals surface area contributed by atoms with E-state index in [0.717, 1.165) is 24.3 Å². The molecular weight excluding hydrogens is 615 g/mol. The molecule has 3 aliphatic rings. The van der Waals surface area contributed by atoms with Crippen LogP contribution in [0.25, 0.3) is 48.4 Å². The first-order valence-electron chi connectivity index (χ1n) is 17.8. The maximum atomic E-state index is 6.77. The molecule has 7 aromatic rings. The van der Waals surface area contributed by atoms with Crippen molar-refractivity contribution in [2.24, 2.45) is 0 Å². The van der Waals surface area contributed by atoms with Crippen LogP contribution in [-0.4, -0.2) is 12.3 Å². The van der Waals surface area contributed by atoms with Crippen molar-refractivity contribution in [3.8, 4) is 11.1 Å². The first-order chi connectivity index (χ1) is 23.6. The van der Waals surface area contributed by atoms with Gasteiger partial charge in [-0.2, -0.15) is 0 Å². The second-order valence-corrected chi connectivity index (χ2v) is 17.0. The molecule has 0 atom stereocenters. The Morgan fingerprint density at radius 2 is 1.61 bits per heavy atom. The second-order valence-electron chi connectivity index (χ2n) is 15.9. The van der Waals surface area contributed by atoms with Crippen molar-refractivity contribution >= 4 is 84.1 Å². The van der Waals surface area contributed by atoms with E-state index in [0.29, 0.717) is 0 Å². The van der Waals surface area contributed by atoms with Gasteiger partial charge in [0.05, 0.1) is 16.9 Å². The summed E-state index contributed by atoms with van der Waals surface area (Å²) in [5.41, 5.74) is 16.7. The van der Waals surface area contributed by atoms with Gasteiger partial charge in [0.15, 0.2) is 0 Å². The third-order valence-electron chi connectivity index (χ3n) is 11.8. The molecule has 3 nitrogen and oxygen atoms in total. The molecule has 0 fully saturated rings. The molecule has 0 saturated carbocycles. The smallest absolute Gasteiger partial charge is 0.247 e. The molecule has 1 radical (unpaired) electrons. The number of H-pyrrole nitrogens is 1. The Balaban J connectivity index is 1.25. The maximum Gasteiger partial charge on any atom is 0.247 e. The van der Waals surface area contributed by atoms with Crippen LogP contribution in [0.15, 0.2) is 77.2 Å². The Morgan fingerprint density at radius 3 is 2.45 bits per heavy atom. The molecule has 0 bridgehead atoms. The summed E-state index contributed by atoms with van der Waals surface area (Å²) < 4.78 is 8.09. The zero-order valence-corrected chi connectivity index (χ0v) is 30.0. The van der Waals surface area contributed by atoms with Gasteiger partial charge in [0.2, 0.25) is 7.28 Å². The molecule has 1 N–H and O–H groups in total.